The highest BCUT2D eigenvalue weighted by Gasteiger charge is 2.33. The average molecular weight is 377 g/mol. The van der Waals surface area contributed by atoms with E-state index in [9.17, 15) is 9.90 Å². The summed E-state index contributed by atoms with van der Waals surface area (Å²) in [5.74, 6) is 0.915. The summed E-state index contributed by atoms with van der Waals surface area (Å²) in [6, 6.07) is 13.1. The molecule has 0 amide bonds. The Hall–Kier alpha value is -3.06. The van der Waals surface area contributed by atoms with E-state index in [-0.39, 0.29) is 11.1 Å². The van der Waals surface area contributed by atoms with Crippen molar-refractivity contribution in [3.8, 4) is 11.4 Å². The lowest BCUT2D eigenvalue weighted by Gasteiger charge is -2.40. The lowest BCUT2D eigenvalue weighted by Crippen LogP contribution is -2.49. The molecule has 1 aromatic carbocycles. The normalized spacial score (nSPS) is 16.5. The second-order valence-electron chi connectivity index (χ2n) is 7.92. The Bertz CT molecular complexity index is 1020. The minimum Gasteiger partial charge on any atom is -0.387 e. The number of hydrogen-bond acceptors (Lipinski definition) is 6. The van der Waals surface area contributed by atoms with Gasteiger partial charge in [-0.25, -0.2) is 4.79 Å². The van der Waals surface area contributed by atoms with Crippen LogP contribution in [0.4, 0.5) is 5.95 Å². The van der Waals surface area contributed by atoms with Crippen LogP contribution in [0.15, 0.2) is 59.7 Å². The van der Waals surface area contributed by atoms with Gasteiger partial charge in [0, 0.05) is 36.5 Å². The molecular weight excluding hydrogens is 354 g/mol. The molecule has 0 spiro atoms. The quantitative estimate of drug-likeness (QED) is 0.751. The summed E-state index contributed by atoms with van der Waals surface area (Å²) in [5.41, 5.74) is 1.10. The van der Waals surface area contributed by atoms with E-state index < -0.39 is 6.10 Å². The van der Waals surface area contributed by atoms with Crippen LogP contribution in [0, 0.1) is 5.41 Å². The number of rotatable bonds is 4. The van der Waals surface area contributed by atoms with E-state index in [0.29, 0.717) is 31.4 Å². The number of nitrogens with zero attached hydrogens (tertiary/aromatic N) is 5. The number of aliphatic hydroxyl groups excluding tert-OH is 1. The van der Waals surface area contributed by atoms with Crippen molar-refractivity contribution in [1.82, 2.24) is 19.5 Å². The van der Waals surface area contributed by atoms with Crippen molar-refractivity contribution in [2.24, 2.45) is 5.41 Å². The van der Waals surface area contributed by atoms with Crippen LogP contribution in [0.1, 0.15) is 25.5 Å². The summed E-state index contributed by atoms with van der Waals surface area (Å²) in [6.45, 7) is 5.76. The van der Waals surface area contributed by atoms with E-state index in [4.69, 9.17) is 0 Å². The number of aromatic nitrogens is 4. The predicted molar refractivity (Wildman–Crippen MR) is 107 cm³/mol. The second kappa shape index (κ2) is 7.16. The van der Waals surface area contributed by atoms with Crippen LogP contribution in [-0.2, 0) is 6.54 Å². The van der Waals surface area contributed by atoms with Crippen LogP contribution in [0.3, 0.4) is 0 Å². The number of fused-ring (bicyclic) bond motifs is 1. The number of pyridine rings is 1. The first kappa shape index (κ1) is 18.3. The van der Waals surface area contributed by atoms with Gasteiger partial charge in [0.05, 0.1) is 12.6 Å². The smallest absolute Gasteiger partial charge is 0.352 e. The molecule has 0 radical (unpaired) electrons. The molecule has 1 aliphatic rings. The van der Waals surface area contributed by atoms with Crippen molar-refractivity contribution < 1.29 is 5.11 Å². The topological polar surface area (TPSA) is 84.1 Å². The standard InChI is InChI=1S/C21H23N5O2/c1-21(2)13-25(12-17(27)15-6-4-3-5-7-15)19-23-18(16-8-10-22-11-9-16)24-20(28)26(19)14-21/h3-11,17,27H,12-14H2,1-2H3. The lowest BCUT2D eigenvalue weighted by molar-refractivity contribution is 0.171. The number of aliphatic hydroxyl groups is 1. The van der Waals surface area contributed by atoms with Gasteiger partial charge >= 0.3 is 5.69 Å². The molecule has 3 aromatic rings. The highest BCUT2D eigenvalue weighted by Crippen LogP contribution is 2.31. The minimum absolute atomic E-state index is 0.144. The van der Waals surface area contributed by atoms with Crippen LogP contribution >= 0.6 is 0 Å². The van der Waals surface area contributed by atoms with Gasteiger partial charge in [-0.3, -0.25) is 9.55 Å². The fourth-order valence-corrected chi connectivity index (χ4v) is 3.63. The Morgan fingerprint density at radius 3 is 2.50 bits per heavy atom. The van der Waals surface area contributed by atoms with E-state index in [1.165, 1.54) is 0 Å². The highest BCUT2D eigenvalue weighted by molar-refractivity contribution is 5.55. The van der Waals surface area contributed by atoms with Gasteiger partial charge in [-0.1, -0.05) is 44.2 Å². The molecular formula is C21H23N5O2. The summed E-state index contributed by atoms with van der Waals surface area (Å²) in [7, 11) is 0. The van der Waals surface area contributed by atoms with E-state index >= 15 is 0 Å². The molecule has 144 valence electrons. The molecule has 3 heterocycles. The fourth-order valence-electron chi connectivity index (χ4n) is 3.63. The molecule has 7 heteroatoms. The first-order valence-corrected chi connectivity index (χ1v) is 9.30. The molecule has 0 saturated heterocycles. The first-order valence-electron chi connectivity index (χ1n) is 9.30. The summed E-state index contributed by atoms with van der Waals surface area (Å²) in [5, 5.41) is 10.7. The van der Waals surface area contributed by atoms with E-state index in [0.717, 1.165) is 11.1 Å². The SMILES string of the molecule is CC1(C)CN(CC(O)c2ccccc2)c2nc(-c3ccncc3)nc(=O)n2C1. The molecule has 4 rings (SSSR count). The van der Waals surface area contributed by atoms with E-state index in [1.807, 2.05) is 35.2 Å². The molecule has 0 saturated carbocycles. The Morgan fingerprint density at radius 1 is 1.07 bits per heavy atom. The van der Waals surface area contributed by atoms with Gasteiger partial charge < -0.3 is 10.0 Å². The van der Waals surface area contributed by atoms with Crippen LogP contribution in [0.2, 0.25) is 0 Å². The largest absolute Gasteiger partial charge is 0.387 e. The summed E-state index contributed by atoms with van der Waals surface area (Å²) < 4.78 is 1.60. The predicted octanol–water partition coefficient (Wildman–Crippen LogP) is 2.28. The van der Waals surface area contributed by atoms with Gasteiger partial charge in [-0.2, -0.15) is 9.97 Å². The fraction of sp³-hybridized carbons (Fsp3) is 0.333. The number of β-amino-alcohol motifs (C(OH)–C–C–N with tert-alkyl or cyclic N) is 1. The molecule has 0 bridgehead atoms. The minimum atomic E-state index is -0.682. The summed E-state index contributed by atoms with van der Waals surface area (Å²) in [4.78, 5) is 27.6. The van der Waals surface area contributed by atoms with Gasteiger partial charge in [0.15, 0.2) is 5.82 Å². The zero-order valence-corrected chi connectivity index (χ0v) is 16.0. The Labute approximate surface area is 163 Å². The molecule has 0 fully saturated rings. The zero-order valence-electron chi connectivity index (χ0n) is 16.0. The Kier molecular flexibility index (Phi) is 4.68. The Morgan fingerprint density at radius 2 is 1.79 bits per heavy atom. The average Bonchev–Trinajstić information content (AvgIpc) is 2.69. The van der Waals surface area contributed by atoms with Crippen molar-refractivity contribution >= 4 is 5.95 Å². The number of benzene rings is 1. The van der Waals surface area contributed by atoms with Gasteiger partial charge in [-0.15, -0.1) is 0 Å². The molecule has 1 aliphatic heterocycles. The third kappa shape index (κ3) is 3.66. The monoisotopic (exact) mass is 377 g/mol. The number of anilines is 1. The molecule has 2 aromatic heterocycles. The first-order chi connectivity index (χ1) is 13.4. The molecule has 7 nitrogen and oxygen atoms in total. The number of hydrogen-bond donors (Lipinski definition) is 1. The maximum absolute atomic E-state index is 12.8. The highest BCUT2D eigenvalue weighted by atomic mass is 16.3. The van der Waals surface area contributed by atoms with Crippen LogP contribution in [-0.4, -0.2) is 37.7 Å². The molecule has 1 N–H and O–H groups in total. The van der Waals surface area contributed by atoms with Crippen LogP contribution < -0.4 is 10.6 Å². The maximum atomic E-state index is 12.8. The zero-order chi connectivity index (χ0) is 19.7. The van der Waals surface area contributed by atoms with Crippen molar-refractivity contribution in [1.29, 1.82) is 0 Å². The van der Waals surface area contributed by atoms with Gasteiger partial charge in [0.25, 0.3) is 0 Å². The van der Waals surface area contributed by atoms with E-state index in [2.05, 4.69) is 28.8 Å². The molecule has 0 aliphatic carbocycles. The molecule has 28 heavy (non-hydrogen) atoms. The van der Waals surface area contributed by atoms with Crippen molar-refractivity contribution in [2.45, 2.75) is 26.5 Å². The maximum Gasteiger partial charge on any atom is 0.352 e. The van der Waals surface area contributed by atoms with Gasteiger partial charge in [0.2, 0.25) is 5.95 Å². The van der Waals surface area contributed by atoms with Crippen molar-refractivity contribution in [2.75, 3.05) is 18.0 Å². The summed E-state index contributed by atoms with van der Waals surface area (Å²) in [6.07, 6.45) is 2.61. The second-order valence-corrected chi connectivity index (χ2v) is 7.92. The Balaban J connectivity index is 1.74. The van der Waals surface area contributed by atoms with Gasteiger partial charge in [-0.05, 0) is 17.7 Å². The van der Waals surface area contributed by atoms with Crippen LogP contribution in [0.5, 0.6) is 0 Å². The third-order valence-corrected chi connectivity index (χ3v) is 4.88. The van der Waals surface area contributed by atoms with Crippen molar-refractivity contribution in [3.63, 3.8) is 0 Å². The van der Waals surface area contributed by atoms with E-state index in [1.54, 1.807) is 29.1 Å². The van der Waals surface area contributed by atoms with Crippen molar-refractivity contribution in [3.05, 3.63) is 70.9 Å². The van der Waals surface area contributed by atoms with Crippen LogP contribution in [0.25, 0.3) is 11.4 Å². The molecule has 1 unspecified atom stereocenters. The van der Waals surface area contributed by atoms with Gasteiger partial charge in [0.1, 0.15) is 0 Å². The third-order valence-electron chi connectivity index (χ3n) is 4.88. The summed E-state index contributed by atoms with van der Waals surface area (Å²) >= 11 is 0. The lowest BCUT2D eigenvalue weighted by atomic mass is 9.91. The molecule has 1 atom stereocenters.